The lowest BCUT2D eigenvalue weighted by Crippen LogP contribution is -2.12. The lowest BCUT2D eigenvalue weighted by molar-refractivity contribution is 0.0690. The van der Waals surface area contributed by atoms with Gasteiger partial charge in [-0.05, 0) is 38.1 Å². The van der Waals surface area contributed by atoms with Gasteiger partial charge in [-0.25, -0.2) is 4.79 Å². The Morgan fingerprint density at radius 2 is 0.974 bits per heavy atom. The van der Waals surface area contributed by atoms with Gasteiger partial charge in [0.2, 0.25) is 0 Å². The van der Waals surface area contributed by atoms with E-state index in [-0.39, 0.29) is 11.3 Å². The number of carboxylic acid groups (broad SMARTS) is 1. The van der Waals surface area contributed by atoms with Crippen LogP contribution in [0.5, 0.6) is 34.5 Å². The first kappa shape index (κ1) is 29.6. The highest BCUT2D eigenvalue weighted by molar-refractivity contribution is 6.08. The van der Waals surface area contributed by atoms with Crippen LogP contribution in [0, 0.1) is 13.8 Å². The van der Waals surface area contributed by atoms with Gasteiger partial charge in [-0.15, -0.1) is 0 Å². The van der Waals surface area contributed by atoms with Crippen LogP contribution in [0.1, 0.15) is 31.8 Å². The molecular formula is C28H28N2O9. The number of aryl methyl sites for hydroxylation is 2. The van der Waals surface area contributed by atoms with Gasteiger partial charge in [-0.3, -0.25) is 4.79 Å². The molecule has 11 heteroatoms. The summed E-state index contributed by atoms with van der Waals surface area (Å²) in [7, 11) is 0. The zero-order valence-electron chi connectivity index (χ0n) is 21.0. The van der Waals surface area contributed by atoms with Crippen molar-refractivity contribution in [1.29, 1.82) is 0 Å². The van der Waals surface area contributed by atoms with E-state index in [1.54, 1.807) is 12.1 Å². The Hall–Kier alpha value is -5.58. The molecule has 0 atom stereocenters. The third-order valence-corrected chi connectivity index (χ3v) is 4.99. The van der Waals surface area contributed by atoms with Gasteiger partial charge in [-0.1, -0.05) is 35.4 Å². The maximum atomic E-state index is 11.9. The summed E-state index contributed by atoms with van der Waals surface area (Å²) in [6.45, 7) is 3.96. The monoisotopic (exact) mass is 536 g/mol. The molecule has 0 aliphatic carbocycles. The maximum Gasteiger partial charge on any atom is 0.343 e. The smallest absolute Gasteiger partial charge is 0.343 e. The van der Waals surface area contributed by atoms with Gasteiger partial charge in [0.05, 0.1) is 0 Å². The predicted octanol–water partition coefficient (Wildman–Crippen LogP) is 4.44. The largest absolute Gasteiger partial charge is 0.508 e. The van der Waals surface area contributed by atoms with Crippen molar-refractivity contribution in [2.24, 2.45) is 0 Å². The zero-order valence-corrected chi connectivity index (χ0v) is 21.0. The van der Waals surface area contributed by atoms with E-state index < -0.39 is 46.2 Å². The van der Waals surface area contributed by atoms with Crippen LogP contribution in [0.25, 0.3) is 0 Å². The Labute approximate surface area is 223 Å². The summed E-state index contributed by atoms with van der Waals surface area (Å²) in [6.07, 6.45) is 0. The number of benzene rings is 4. The minimum absolute atomic E-state index is 0.279. The van der Waals surface area contributed by atoms with E-state index in [9.17, 15) is 19.8 Å². The van der Waals surface area contributed by atoms with Crippen molar-refractivity contribution in [1.82, 2.24) is 0 Å². The molecule has 0 unspecified atom stereocenters. The van der Waals surface area contributed by atoms with Crippen LogP contribution in [-0.2, 0) is 0 Å². The van der Waals surface area contributed by atoms with Crippen LogP contribution in [0.3, 0.4) is 0 Å². The Bertz CT molecular complexity index is 1380. The van der Waals surface area contributed by atoms with Crippen LogP contribution < -0.4 is 11.1 Å². The summed E-state index contributed by atoms with van der Waals surface area (Å²) in [6, 6.07) is 18.5. The van der Waals surface area contributed by atoms with Gasteiger partial charge in [0.1, 0.15) is 45.6 Å². The first-order valence-corrected chi connectivity index (χ1v) is 11.2. The summed E-state index contributed by atoms with van der Waals surface area (Å²) in [5, 5.41) is 66.0. The summed E-state index contributed by atoms with van der Waals surface area (Å²) >= 11 is 0. The molecule has 0 bridgehead atoms. The number of anilines is 2. The van der Waals surface area contributed by atoms with E-state index in [1.165, 1.54) is 5.56 Å². The number of amides is 1. The molecule has 4 aromatic carbocycles. The average Bonchev–Trinajstić information content (AvgIpc) is 2.82. The van der Waals surface area contributed by atoms with E-state index >= 15 is 0 Å². The molecule has 4 rings (SSSR count). The number of carbonyl (C=O) groups excluding carboxylic acids is 1. The Morgan fingerprint density at radius 3 is 1.33 bits per heavy atom. The van der Waals surface area contributed by atoms with Crippen LogP contribution in [0.4, 0.5) is 11.4 Å². The van der Waals surface area contributed by atoms with Gasteiger partial charge >= 0.3 is 5.97 Å². The number of nitrogens with one attached hydrogen (secondary N) is 1. The molecule has 4 aromatic rings. The number of hydrogen-bond donors (Lipinski definition) is 9. The SMILES string of the molecule is Cc1ccc(N)cc1.Cc1ccc(NC(=O)c2c(O)cc(O)cc2O)cc1.O=C(O)c1c(O)cc(O)cc1O. The van der Waals surface area contributed by atoms with Crippen molar-refractivity contribution in [3.8, 4) is 34.5 Å². The molecule has 0 aliphatic rings. The van der Waals surface area contributed by atoms with Crippen molar-refractivity contribution < 1.29 is 45.3 Å². The molecule has 0 aliphatic heterocycles. The van der Waals surface area contributed by atoms with Crippen molar-refractivity contribution in [3.63, 3.8) is 0 Å². The highest BCUT2D eigenvalue weighted by atomic mass is 16.4. The van der Waals surface area contributed by atoms with Crippen LogP contribution >= 0.6 is 0 Å². The number of nitrogen functional groups attached to an aromatic ring is 1. The maximum absolute atomic E-state index is 11.9. The molecule has 0 radical (unpaired) electrons. The number of phenolic OH excluding ortho intramolecular Hbond substituents is 4. The van der Waals surface area contributed by atoms with Crippen molar-refractivity contribution >= 4 is 23.3 Å². The van der Waals surface area contributed by atoms with Gasteiger partial charge in [-0.2, -0.15) is 0 Å². The Morgan fingerprint density at radius 1 is 0.615 bits per heavy atom. The topological polar surface area (TPSA) is 214 Å². The summed E-state index contributed by atoms with van der Waals surface area (Å²) < 4.78 is 0. The molecule has 39 heavy (non-hydrogen) atoms. The van der Waals surface area contributed by atoms with E-state index in [0.717, 1.165) is 35.5 Å². The highest BCUT2D eigenvalue weighted by Gasteiger charge is 2.18. The quantitative estimate of drug-likeness (QED) is 0.168. The first-order valence-electron chi connectivity index (χ1n) is 11.2. The third kappa shape index (κ3) is 8.79. The molecule has 204 valence electrons. The van der Waals surface area contributed by atoms with E-state index in [1.807, 2.05) is 50.2 Å². The van der Waals surface area contributed by atoms with E-state index in [2.05, 4.69) is 5.32 Å². The van der Waals surface area contributed by atoms with Crippen LogP contribution in [-0.4, -0.2) is 47.6 Å². The fraction of sp³-hybridized carbons (Fsp3) is 0.0714. The van der Waals surface area contributed by atoms with Crippen molar-refractivity contribution in [3.05, 3.63) is 95.1 Å². The lowest BCUT2D eigenvalue weighted by atomic mass is 10.1. The van der Waals surface area contributed by atoms with Gasteiger partial charge in [0.15, 0.2) is 0 Å². The zero-order chi connectivity index (χ0) is 29.3. The summed E-state index contributed by atoms with van der Waals surface area (Å²) in [5.41, 5.74) is 8.20. The molecule has 0 aromatic heterocycles. The molecule has 0 saturated heterocycles. The van der Waals surface area contributed by atoms with Crippen molar-refractivity contribution in [2.75, 3.05) is 11.1 Å². The second kappa shape index (κ2) is 13.1. The second-order valence-corrected chi connectivity index (χ2v) is 8.25. The fourth-order valence-electron chi connectivity index (χ4n) is 3.04. The summed E-state index contributed by atoms with van der Waals surface area (Å²) in [5.74, 6) is -5.12. The fourth-order valence-corrected chi connectivity index (χ4v) is 3.04. The average molecular weight is 537 g/mol. The molecule has 11 nitrogen and oxygen atoms in total. The number of rotatable bonds is 3. The predicted molar refractivity (Wildman–Crippen MR) is 145 cm³/mol. The molecule has 10 N–H and O–H groups in total. The minimum Gasteiger partial charge on any atom is -0.508 e. The Balaban J connectivity index is 0.000000227. The Kier molecular flexibility index (Phi) is 9.96. The van der Waals surface area contributed by atoms with Gasteiger partial charge in [0.25, 0.3) is 5.91 Å². The van der Waals surface area contributed by atoms with Crippen LogP contribution in [0.15, 0.2) is 72.8 Å². The molecular weight excluding hydrogens is 508 g/mol. The van der Waals surface area contributed by atoms with Gasteiger partial charge < -0.3 is 46.8 Å². The molecule has 0 spiro atoms. The highest BCUT2D eigenvalue weighted by Crippen LogP contribution is 2.33. The van der Waals surface area contributed by atoms with E-state index in [0.29, 0.717) is 5.69 Å². The molecule has 0 saturated carbocycles. The minimum atomic E-state index is -1.45. The first-order chi connectivity index (χ1) is 18.3. The normalized spacial score (nSPS) is 9.79. The molecule has 0 heterocycles. The number of nitrogens with two attached hydrogens (primary N) is 1. The van der Waals surface area contributed by atoms with Crippen LogP contribution in [0.2, 0.25) is 0 Å². The van der Waals surface area contributed by atoms with Crippen molar-refractivity contribution in [2.45, 2.75) is 13.8 Å². The van der Waals surface area contributed by atoms with E-state index in [4.69, 9.17) is 31.3 Å². The number of carboxylic acids is 1. The third-order valence-electron chi connectivity index (χ3n) is 4.99. The summed E-state index contributed by atoms with van der Waals surface area (Å²) in [4.78, 5) is 22.3. The number of carbonyl (C=O) groups is 2. The molecule has 1 amide bonds. The second-order valence-electron chi connectivity index (χ2n) is 8.25. The van der Waals surface area contributed by atoms with Gasteiger partial charge in [0, 0.05) is 35.6 Å². The number of aromatic hydroxyl groups is 6. The number of hydrogen-bond acceptors (Lipinski definition) is 9. The number of phenols is 6. The standard InChI is InChI=1S/C14H13NO4.C7H9N.C7H6O5/c1-8-2-4-9(5-3-8)15-14(19)13-11(17)6-10(16)7-12(13)18;1-6-2-4-7(8)5-3-6;8-3-1-4(9)6(7(11)12)5(10)2-3/h2-7,16-18H,1H3,(H,15,19);2-5H,8H2,1H3;1-2,8-10H,(H,11,12). The lowest BCUT2D eigenvalue weighted by Gasteiger charge is -2.09. The molecule has 0 fully saturated rings. The number of aromatic carboxylic acids is 1.